The highest BCUT2D eigenvalue weighted by molar-refractivity contribution is 7.80. The summed E-state index contributed by atoms with van der Waals surface area (Å²) in [5.41, 5.74) is 0. The monoisotopic (exact) mass is 657 g/mol. The molecule has 0 spiro atoms. The van der Waals surface area contributed by atoms with Gasteiger partial charge in [-0.25, -0.2) is 0 Å². The maximum atomic E-state index is 12.5. The van der Waals surface area contributed by atoms with E-state index in [2.05, 4.69) is 25.3 Å². The summed E-state index contributed by atoms with van der Waals surface area (Å²) in [6.07, 6.45) is 16.7. The van der Waals surface area contributed by atoms with Crippen molar-refractivity contribution in [3.63, 3.8) is 0 Å². The van der Waals surface area contributed by atoms with E-state index >= 15 is 0 Å². The first-order chi connectivity index (χ1) is 20.0. The van der Waals surface area contributed by atoms with E-state index in [1.807, 2.05) is 21.1 Å². The number of unbranched alkanes of at least 4 members (excludes halogenated alkanes) is 14. The molecule has 0 radical (unpaired) electrons. The lowest BCUT2D eigenvalue weighted by molar-refractivity contribution is -0.870. The summed E-state index contributed by atoms with van der Waals surface area (Å²) in [6.45, 7) is -0.295. The van der Waals surface area contributed by atoms with Gasteiger partial charge in [-0.15, -0.1) is 0 Å². The van der Waals surface area contributed by atoms with Crippen molar-refractivity contribution < 1.29 is 42.1 Å². The zero-order chi connectivity index (χ0) is 31.5. The summed E-state index contributed by atoms with van der Waals surface area (Å²) in [7, 11) is 1.15. The van der Waals surface area contributed by atoms with Gasteiger partial charge < -0.3 is 27.9 Å². The molecular weight excluding hydrogens is 597 g/mol. The number of quaternary nitrogens is 1. The van der Waals surface area contributed by atoms with Crippen LogP contribution in [-0.4, -0.2) is 81.5 Å². The molecule has 2 unspecified atom stereocenters. The second-order valence-electron chi connectivity index (χ2n) is 12.0. The molecule has 0 fully saturated rings. The molecule has 42 heavy (non-hydrogen) atoms. The summed E-state index contributed by atoms with van der Waals surface area (Å²) in [6, 6.07) is 0. The van der Waals surface area contributed by atoms with E-state index in [0.29, 0.717) is 17.4 Å². The molecule has 0 aliphatic carbocycles. The number of carbonyl (C=O) groups excluding carboxylic acids is 2. The smallest absolute Gasteiger partial charge is 0.306 e. The second-order valence-corrected chi connectivity index (χ2v) is 14.3. The third-order valence-electron chi connectivity index (χ3n) is 6.74. The third-order valence-corrected chi connectivity index (χ3v) is 8.33. The van der Waals surface area contributed by atoms with Gasteiger partial charge in [0.25, 0.3) is 7.82 Å². The molecule has 0 aliphatic rings. The maximum absolute atomic E-state index is 12.5. The highest BCUT2D eigenvalue weighted by atomic mass is 32.1. The SMILES string of the molecule is C[N+](C)(C)CCOP(=O)([O-])OCC(COC(=O)CCCCCCCCCCS)OC(=O)CCCCCCCCCCS. The number of carbonyl (C=O) groups is 2. The van der Waals surface area contributed by atoms with E-state index in [1.165, 1.54) is 38.5 Å². The van der Waals surface area contributed by atoms with E-state index in [9.17, 15) is 19.0 Å². The van der Waals surface area contributed by atoms with E-state index in [4.69, 9.17) is 18.5 Å². The number of esters is 2. The van der Waals surface area contributed by atoms with Gasteiger partial charge in [-0.05, 0) is 37.2 Å². The highest BCUT2D eigenvalue weighted by Gasteiger charge is 2.21. The number of phosphoric ester groups is 1. The Balaban J connectivity index is 4.51. The molecular formula is C30H60NO8PS2. The Morgan fingerprint density at radius 1 is 0.667 bits per heavy atom. The van der Waals surface area contributed by atoms with Crippen LogP contribution in [0.25, 0.3) is 0 Å². The summed E-state index contributed by atoms with van der Waals surface area (Å²) < 4.78 is 33.5. The Morgan fingerprint density at radius 3 is 1.55 bits per heavy atom. The average Bonchev–Trinajstić information content (AvgIpc) is 2.92. The zero-order valence-corrected chi connectivity index (χ0v) is 29.3. The number of ether oxygens (including phenoxy) is 2. The number of nitrogens with zero attached hydrogens (tertiary/aromatic N) is 1. The number of phosphoric acid groups is 1. The highest BCUT2D eigenvalue weighted by Crippen LogP contribution is 2.38. The fourth-order valence-corrected chi connectivity index (χ4v) is 5.32. The maximum Gasteiger partial charge on any atom is 0.306 e. The van der Waals surface area contributed by atoms with Crippen LogP contribution in [0.1, 0.15) is 116 Å². The molecule has 0 N–H and O–H groups in total. The molecule has 0 rings (SSSR count). The van der Waals surface area contributed by atoms with Gasteiger partial charge in [0.2, 0.25) is 0 Å². The third kappa shape index (κ3) is 29.8. The van der Waals surface area contributed by atoms with Crippen molar-refractivity contribution in [3.8, 4) is 0 Å². The van der Waals surface area contributed by atoms with Crippen molar-refractivity contribution in [3.05, 3.63) is 0 Å². The van der Waals surface area contributed by atoms with E-state index in [0.717, 1.165) is 69.3 Å². The topological polar surface area (TPSA) is 111 Å². The van der Waals surface area contributed by atoms with Crippen LogP contribution in [0.4, 0.5) is 0 Å². The number of rotatable bonds is 30. The van der Waals surface area contributed by atoms with Crippen LogP contribution in [0, 0.1) is 0 Å². The van der Waals surface area contributed by atoms with Crippen LogP contribution in [0.15, 0.2) is 0 Å². The molecule has 0 bridgehead atoms. The van der Waals surface area contributed by atoms with Crippen LogP contribution in [-0.2, 0) is 32.7 Å². The Bertz CT molecular complexity index is 724. The lowest BCUT2D eigenvalue weighted by Gasteiger charge is -2.28. The van der Waals surface area contributed by atoms with Gasteiger partial charge in [0.05, 0.1) is 27.7 Å². The minimum absolute atomic E-state index is 0.0332. The van der Waals surface area contributed by atoms with Gasteiger partial charge in [0.1, 0.15) is 19.8 Å². The van der Waals surface area contributed by atoms with E-state index in [-0.39, 0.29) is 26.1 Å². The molecule has 250 valence electrons. The predicted octanol–water partition coefficient (Wildman–Crippen LogP) is 6.53. The Labute approximate surface area is 267 Å². The van der Waals surface area contributed by atoms with Gasteiger partial charge in [0.15, 0.2) is 6.10 Å². The van der Waals surface area contributed by atoms with Crippen LogP contribution >= 0.6 is 33.1 Å². The second kappa shape index (κ2) is 27.1. The van der Waals surface area contributed by atoms with Crippen molar-refractivity contribution in [2.45, 2.75) is 122 Å². The first-order valence-corrected chi connectivity index (χ1v) is 18.7. The molecule has 0 aromatic heterocycles. The quantitative estimate of drug-likeness (QED) is 0.0295. The lowest BCUT2D eigenvalue weighted by Crippen LogP contribution is -2.37. The molecule has 0 aromatic rings. The largest absolute Gasteiger partial charge is 0.756 e. The van der Waals surface area contributed by atoms with E-state index < -0.39 is 32.5 Å². The molecule has 2 atom stereocenters. The van der Waals surface area contributed by atoms with Crippen molar-refractivity contribution >= 4 is 45.0 Å². The number of hydrogen-bond donors (Lipinski definition) is 2. The summed E-state index contributed by atoms with van der Waals surface area (Å²) in [5, 5.41) is 0. The molecule has 0 aromatic carbocycles. The molecule has 9 nitrogen and oxygen atoms in total. The fourth-order valence-electron chi connectivity index (χ4n) is 4.14. The van der Waals surface area contributed by atoms with Gasteiger partial charge >= 0.3 is 11.9 Å². The Morgan fingerprint density at radius 2 is 1.10 bits per heavy atom. The predicted molar refractivity (Wildman–Crippen MR) is 174 cm³/mol. The summed E-state index contributed by atoms with van der Waals surface area (Å²) >= 11 is 8.45. The minimum atomic E-state index is -4.61. The van der Waals surface area contributed by atoms with Crippen LogP contribution in [0.5, 0.6) is 0 Å². The van der Waals surface area contributed by atoms with Gasteiger partial charge in [0, 0.05) is 12.8 Å². The first kappa shape index (κ1) is 41.7. The van der Waals surface area contributed by atoms with Crippen molar-refractivity contribution in [1.82, 2.24) is 0 Å². The summed E-state index contributed by atoms with van der Waals surface area (Å²) in [5.74, 6) is 1.01. The Kier molecular flexibility index (Phi) is 26.9. The van der Waals surface area contributed by atoms with E-state index in [1.54, 1.807) is 0 Å². The molecule has 0 saturated heterocycles. The normalized spacial score (nSPS) is 14.0. The number of likely N-dealkylation sites (N-methyl/N-ethyl adjacent to an activating group) is 1. The molecule has 0 saturated carbocycles. The molecule has 12 heteroatoms. The van der Waals surface area contributed by atoms with Gasteiger partial charge in [-0.1, -0.05) is 77.0 Å². The zero-order valence-electron chi connectivity index (χ0n) is 26.6. The molecule has 0 heterocycles. The molecule has 0 aliphatic heterocycles. The minimum Gasteiger partial charge on any atom is -0.756 e. The standard InChI is InChI=1S/C30H60NO8PS2/c1-31(2,3)22-23-37-40(34,35)38-27-28(39-30(33)21-17-13-9-5-7-11-15-19-25-42)26-36-29(32)20-16-12-8-4-6-10-14-18-24-41/h28H,4-27H2,1-3H3,(H2-,34,35,41,42). The van der Waals surface area contributed by atoms with Crippen molar-refractivity contribution in [2.75, 3.05) is 59.0 Å². The van der Waals surface area contributed by atoms with Crippen molar-refractivity contribution in [2.24, 2.45) is 0 Å². The van der Waals surface area contributed by atoms with Crippen LogP contribution in [0.2, 0.25) is 0 Å². The Hall–Kier alpha value is -0.290. The van der Waals surface area contributed by atoms with Gasteiger partial charge in [-0.3, -0.25) is 14.2 Å². The summed E-state index contributed by atoms with van der Waals surface area (Å²) in [4.78, 5) is 37.0. The van der Waals surface area contributed by atoms with Gasteiger partial charge in [-0.2, -0.15) is 25.3 Å². The number of hydrogen-bond acceptors (Lipinski definition) is 10. The lowest BCUT2D eigenvalue weighted by atomic mass is 10.1. The average molecular weight is 658 g/mol. The first-order valence-electron chi connectivity index (χ1n) is 16.0. The van der Waals surface area contributed by atoms with Crippen LogP contribution in [0.3, 0.4) is 0 Å². The fraction of sp³-hybridized carbons (Fsp3) is 0.933. The van der Waals surface area contributed by atoms with Crippen LogP contribution < -0.4 is 4.89 Å². The molecule has 0 amide bonds. The number of thiol groups is 2. The van der Waals surface area contributed by atoms with Crippen molar-refractivity contribution in [1.29, 1.82) is 0 Å².